The lowest BCUT2D eigenvalue weighted by atomic mass is 10.2. The minimum Gasteiger partial charge on any atom is -0.494 e. The van der Waals surface area contributed by atoms with Crippen molar-refractivity contribution in [1.82, 2.24) is 4.98 Å². The molecule has 0 aliphatic carbocycles. The molecule has 0 amide bonds. The van der Waals surface area contributed by atoms with Crippen molar-refractivity contribution in [2.75, 3.05) is 11.9 Å². The van der Waals surface area contributed by atoms with Gasteiger partial charge >= 0.3 is 0 Å². The summed E-state index contributed by atoms with van der Waals surface area (Å²) in [5.74, 6) is 1.56. The van der Waals surface area contributed by atoms with Crippen molar-refractivity contribution in [1.29, 1.82) is 5.26 Å². The predicted octanol–water partition coefficient (Wildman–Crippen LogP) is 2.96. The second-order valence-corrected chi connectivity index (χ2v) is 3.98. The number of anilines is 1. The number of ether oxygens (including phenoxy) is 1. The first-order chi connectivity index (χ1) is 9.31. The third-order valence-electron chi connectivity index (χ3n) is 2.57. The first-order valence-electron chi connectivity index (χ1n) is 6.13. The second kappa shape index (κ2) is 6.41. The van der Waals surface area contributed by atoms with Gasteiger partial charge in [-0.3, -0.25) is 0 Å². The molecule has 0 saturated carbocycles. The van der Waals surface area contributed by atoms with E-state index >= 15 is 0 Å². The zero-order chi connectivity index (χ0) is 13.5. The Kier molecular flexibility index (Phi) is 4.35. The fourth-order valence-corrected chi connectivity index (χ4v) is 1.70. The molecule has 0 spiro atoms. The largest absolute Gasteiger partial charge is 0.494 e. The van der Waals surface area contributed by atoms with Crippen LogP contribution in [0.4, 0.5) is 5.82 Å². The molecular weight excluding hydrogens is 238 g/mol. The predicted molar refractivity (Wildman–Crippen MR) is 73.9 cm³/mol. The smallest absolute Gasteiger partial charge is 0.127 e. The number of hydrogen-bond acceptors (Lipinski definition) is 4. The highest BCUT2D eigenvalue weighted by Crippen LogP contribution is 2.14. The standard InChI is InChI=1S/C15H15N3O/c1-2-19-14-5-3-4-13(8-14)11-18-15-9-12(10-16)6-7-17-15/h3-9H,2,11H2,1H3,(H,17,18). The Balaban J connectivity index is 2.01. The molecule has 0 aliphatic heterocycles. The average Bonchev–Trinajstić information content (AvgIpc) is 2.46. The van der Waals surface area contributed by atoms with E-state index in [1.807, 2.05) is 31.2 Å². The number of benzene rings is 1. The molecule has 4 heteroatoms. The maximum absolute atomic E-state index is 8.82. The van der Waals surface area contributed by atoms with Crippen LogP contribution in [0.1, 0.15) is 18.1 Å². The second-order valence-electron chi connectivity index (χ2n) is 3.98. The first kappa shape index (κ1) is 12.9. The molecule has 0 unspecified atom stereocenters. The van der Waals surface area contributed by atoms with Crippen molar-refractivity contribution in [2.24, 2.45) is 0 Å². The Hall–Kier alpha value is -2.54. The molecule has 0 atom stereocenters. The summed E-state index contributed by atoms with van der Waals surface area (Å²) in [5.41, 5.74) is 1.70. The van der Waals surface area contributed by atoms with Crippen LogP contribution < -0.4 is 10.1 Å². The van der Waals surface area contributed by atoms with Gasteiger partial charge in [0.05, 0.1) is 18.2 Å². The van der Waals surface area contributed by atoms with Gasteiger partial charge < -0.3 is 10.1 Å². The number of pyridine rings is 1. The lowest BCUT2D eigenvalue weighted by Crippen LogP contribution is -2.02. The van der Waals surface area contributed by atoms with E-state index in [9.17, 15) is 0 Å². The topological polar surface area (TPSA) is 57.9 Å². The summed E-state index contributed by atoms with van der Waals surface area (Å²) >= 11 is 0. The number of hydrogen-bond donors (Lipinski definition) is 1. The van der Waals surface area contributed by atoms with Crippen molar-refractivity contribution < 1.29 is 4.74 Å². The molecule has 0 aliphatic rings. The molecule has 1 N–H and O–H groups in total. The fourth-order valence-electron chi connectivity index (χ4n) is 1.70. The van der Waals surface area contributed by atoms with Gasteiger partial charge in [0, 0.05) is 12.7 Å². The minimum atomic E-state index is 0.598. The zero-order valence-electron chi connectivity index (χ0n) is 10.8. The van der Waals surface area contributed by atoms with Crippen molar-refractivity contribution >= 4 is 5.82 Å². The van der Waals surface area contributed by atoms with Gasteiger partial charge in [0.25, 0.3) is 0 Å². The van der Waals surface area contributed by atoms with E-state index in [1.54, 1.807) is 18.3 Å². The summed E-state index contributed by atoms with van der Waals surface area (Å²) in [6, 6.07) is 13.4. The van der Waals surface area contributed by atoms with Gasteiger partial charge in [-0.05, 0) is 36.8 Å². The maximum Gasteiger partial charge on any atom is 0.127 e. The Morgan fingerprint density at radius 2 is 2.21 bits per heavy atom. The number of aromatic nitrogens is 1. The van der Waals surface area contributed by atoms with Gasteiger partial charge in [-0.25, -0.2) is 4.98 Å². The van der Waals surface area contributed by atoms with Gasteiger partial charge in [0.15, 0.2) is 0 Å². The van der Waals surface area contributed by atoms with Crippen molar-refractivity contribution in [3.8, 4) is 11.8 Å². The normalized spacial score (nSPS) is 9.68. The van der Waals surface area contributed by atoms with E-state index in [0.29, 0.717) is 24.5 Å². The highest BCUT2D eigenvalue weighted by atomic mass is 16.5. The molecule has 96 valence electrons. The minimum absolute atomic E-state index is 0.598. The third kappa shape index (κ3) is 3.71. The van der Waals surface area contributed by atoms with Gasteiger partial charge in [-0.1, -0.05) is 12.1 Å². The Labute approximate surface area is 112 Å². The Morgan fingerprint density at radius 3 is 3.00 bits per heavy atom. The molecule has 0 fully saturated rings. The summed E-state index contributed by atoms with van der Waals surface area (Å²) < 4.78 is 5.45. The maximum atomic E-state index is 8.82. The van der Waals surface area contributed by atoms with Crippen LogP contribution in [0, 0.1) is 11.3 Å². The monoisotopic (exact) mass is 253 g/mol. The molecule has 0 bridgehead atoms. The van der Waals surface area contributed by atoms with E-state index in [4.69, 9.17) is 10.00 Å². The molecule has 1 aromatic carbocycles. The third-order valence-corrected chi connectivity index (χ3v) is 2.57. The average molecular weight is 253 g/mol. The number of nitriles is 1. The lowest BCUT2D eigenvalue weighted by molar-refractivity contribution is 0.340. The van der Waals surface area contributed by atoms with E-state index in [2.05, 4.69) is 16.4 Å². The van der Waals surface area contributed by atoms with Crippen molar-refractivity contribution in [3.05, 3.63) is 53.7 Å². The van der Waals surface area contributed by atoms with Gasteiger partial charge in [0.2, 0.25) is 0 Å². The Bertz CT molecular complexity index is 590. The molecule has 2 rings (SSSR count). The SMILES string of the molecule is CCOc1cccc(CNc2cc(C#N)ccn2)c1. The summed E-state index contributed by atoms with van der Waals surface area (Å²) in [6.45, 7) is 3.26. The Morgan fingerprint density at radius 1 is 1.32 bits per heavy atom. The molecular formula is C15H15N3O. The summed E-state index contributed by atoms with van der Waals surface area (Å²) in [7, 11) is 0. The summed E-state index contributed by atoms with van der Waals surface area (Å²) in [6.07, 6.45) is 1.62. The summed E-state index contributed by atoms with van der Waals surface area (Å²) in [5, 5.41) is 12.0. The van der Waals surface area contributed by atoms with E-state index in [-0.39, 0.29) is 0 Å². The van der Waals surface area contributed by atoms with Crippen molar-refractivity contribution in [2.45, 2.75) is 13.5 Å². The van der Waals surface area contributed by atoms with Crippen LogP contribution in [-0.2, 0) is 6.54 Å². The van der Waals surface area contributed by atoms with Crippen LogP contribution in [-0.4, -0.2) is 11.6 Å². The molecule has 2 aromatic rings. The van der Waals surface area contributed by atoms with E-state index < -0.39 is 0 Å². The number of nitrogens with one attached hydrogen (secondary N) is 1. The number of nitrogens with zero attached hydrogens (tertiary/aromatic N) is 2. The highest BCUT2D eigenvalue weighted by Gasteiger charge is 1.99. The van der Waals surface area contributed by atoms with Crippen LogP contribution in [0.3, 0.4) is 0 Å². The lowest BCUT2D eigenvalue weighted by Gasteiger charge is -2.08. The van der Waals surface area contributed by atoms with Crippen LogP contribution >= 0.6 is 0 Å². The van der Waals surface area contributed by atoms with Crippen molar-refractivity contribution in [3.63, 3.8) is 0 Å². The fraction of sp³-hybridized carbons (Fsp3) is 0.200. The quantitative estimate of drug-likeness (QED) is 0.890. The van der Waals surface area contributed by atoms with E-state index in [0.717, 1.165) is 11.3 Å². The molecule has 0 radical (unpaired) electrons. The first-order valence-corrected chi connectivity index (χ1v) is 6.13. The molecule has 0 saturated heterocycles. The van der Waals surface area contributed by atoms with Gasteiger partial charge in [-0.15, -0.1) is 0 Å². The highest BCUT2D eigenvalue weighted by molar-refractivity contribution is 5.43. The molecule has 19 heavy (non-hydrogen) atoms. The van der Waals surface area contributed by atoms with Crippen LogP contribution in [0.15, 0.2) is 42.6 Å². The van der Waals surface area contributed by atoms with E-state index in [1.165, 1.54) is 0 Å². The summed E-state index contributed by atoms with van der Waals surface area (Å²) in [4.78, 5) is 4.17. The van der Waals surface area contributed by atoms with Gasteiger partial charge in [-0.2, -0.15) is 5.26 Å². The number of rotatable bonds is 5. The molecule has 1 heterocycles. The van der Waals surface area contributed by atoms with Crippen LogP contribution in [0.5, 0.6) is 5.75 Å². The van der Waals surface area contributed by atoms with Crippen LogP contribution in [0.2, 0.25) is 0 Å². The van der Waals surface area contributed by atoms with Gasteiger partial charge in [0.1, 0.15) is 11.6 Å². The zero-order valence-corrected chi connectivity index (χ0v) is 10.8. The molecule has 4 nitrogen and oxygen atoms in total. The molecule has 1 aromatic heterocycles. The van der Waals surface area contributed by atoms with Crippen LogP contribution in [0.25, 0.3) is 0 Å².